The molecule has 0 N–H and O–H groups in total. The van der Waals surface area contributed by atoms with Gasteiger partial charge in [-0.25, -0.2) is 0 Å². The fourth-order valence-corrected chi connectivity index (χ4v) is 2.43. The molecule has 1 aromatic heterocycles. The quantitative estimate of drug-likeness (QED) is 0.786. The molecule has 2 aromatic rings. The molecule has 0 unspecified atom stereocenters. The average molecular weight is 278 g/mol. The first-order valence-electron chi connectivity index (χ1n) is 5.79. The zero-order chi connectivity index (χ0) is 13.8. The van der Waals surface area contributed by atoms with Crippen molar-refractivity contribution in [2.75, 3.05) is 14.2 Å². The highest BCUT2D eigenvalue weighted by atomic mass is 32.1. The first-order valence-corrected chi connectivity index (χ1v) is 6.56. The van der Waals surface area contributed by atoms with Crippen LogP contribution in [0.5, 0.6) is 11.5 Å². The number of benzene rings is 1. The maximum absolute atomic E-state index is 12.5. The van der Waals surface area contributed by atoms with Gasteiger partial charge in [-0.3, -0.25) is 4.79 Å². The Kier molecular flexibility index (Phi) is 4.11. The Bertz CT molecular complexity index is 595. The number of carbonyl (C=O) groups is 1. The number of ketones is 1. The van der Waals surface area contributed by atoms with Crippen LogP contribution in [0.3, 0.4) is 0 Å². The molecule has 0 aliphatic carbocycles. The van der Waals surface area contributed by atoms with Gasteiger partial charge in [-0.2, -0.15) is 0 Å². The predicted octanol–water partition coefficient (Wildman–Crippen LogP) is 2.35. The van der Waals surface area contributed by atoms with Gasteiger partial charge in [0.15, 0.2) is 0 Å². The normalized spacial score (nSPS) is 10.3. The van der Waals surface area contributed by atoms with Crippen LogP contribution in [0.15, 0.2) is 18.2 Å². The molecular formula is C13H14N2O3S. The second-order valence-electron chi connectivity index (χ2n) is 3.80. The van der Waals surface area contributed by atoms with E-state index in [0.29, 0.717) is 34.1 Å². The Balaban J connectivity index is 2.48. The Morgan fingerprint density at radius 2 is 2.11 bits per heavy atom. The molecule has 0 spiro atoms. The van der Waals surface area contributed by atoms with E-state index >= 15 is 0 Å². The molecule has 0 aliphatic rings. The first kappa shape index (κ1) is 13.5. The molecule has 0 saturated carbocycles. The molecule has 100 valence electrons. The van der Waals surface area contributed by atoms with E-state index in [1.807, 2.05) is 6.92 Å². The summed E-state index contributed by atoms with van der Waals surface area (Å²) in [6.45, 7) is 1.94. The molecule has 5 nitrogen and oxygen atoms in total. The fourth-order valence-electron chi connectivity index (χ4n) is 1.73. The van der Waals surface area contributed by atoms with Gasteiger partial charge in [0.05, 0.1) is 25.5 Å². The van der Waals surface area contributed by atoms with Crippen molar-refractivity contribution < 1.29 is 14.3 Å². The van der Waals surface area contributed by atoms with Crippen molar-refractivity contribution in [1.29, 1.82) is 0 Å². The highest BCUT2D eigenvalue weighted by molar-refractivity contribution is 7.08. The number of hydrogen-bond donors (Lipinski definition) is 0. The molecule has 0 radical (unpaired) electrons. The fraction of sp³-hybridized carbons (Fsp3) is 0.308. The second-order valence-corrected chi connectivity index (χ2v) is 4.55. The number of ether oxygens (including phenoxy) is 2. The van der Waals surface area contributed by atoms with Crippen molar-refractivity contribution in [3.05, 3.63) is 34.3 Å². The summed E-state index contributed by atoms with van der Waals surface area (Å²) in [6, 6.07) is 5.13. The summed E-state index contributed by atoms with van der Waals surface area (Å²) in [6.07, 6.45) is 0.670. The summed E-state index contributed by atoms with van der Waals surface area (Å²) in [7, 11) is 3.09. The van der Waals surface area contributed by atoms with Crippen molar-refractivity contribution >= 4 is 17.3 Å². The van der Waals surface area contributed by atoms with Gasteiger partial charge in [-0.1, -0.05) is 11.4 Å². The minimum atomic E-state index is -0.136. The van der Waals surface area contributed by atoms with Crippen LogP contribution in [-0.4, -0.2) is 29.6 Å². The highest BCUT2D eigenvalue weighted by Crippen LogP contribution is 2.28. The number of carbonyl (C=O) groups excluding carboxylic acids is 1. The predicted molar refractivity (Wildman–Crippen MR) is 72.3 cm³/mol. The van der Waals surface area contributed by atoms with E-state index < -0.39 is 0 Å². The van der Waals surface area contributed by atoms with Gasteiger partial charge in [0, 0.05) is 0 Å². The molecule has 0 amide bonds. The average Bonchev–Trinajstić information content (AvgIpc) is 2.94. The number of aryl methyl sites for hydroxylation is 1. The lowest BCUT2D eigenvalue weighted by molar-refractivity contribution is 0.103. The molecule has 0 bridgehead atoms. The van der Waals surface area contributed by atoms with Crippen LogP contribution in [0, 0.1) is 0 Å². The van der Waals surface area contributed by atoms with Crippen LogP contribution in [0.4, 0.5) is 0 Å². The lowest BCUT2D eigenvalue weighted by atomic mass is 10.1. The van der Waals surface area contributed by atoms with Gasteiger partial charge in [0.1, 0.15) is 16.4 Å². The molecule has 0 saturated heterocycles. The second kappa shape index (κ2) is 5.79. The smallest absolute Gasteiger partial charge is 0.210 e. The van der Waals surface area contributed by atoms with E-state index in [4.69, 9.17) is 9.47 Å². The number of hydrogen-bond acceptors (Lipinski definition) is 6. The standard InChI is InChI=1S/C13H14N2O3S/c1-4-10-13(19-15-14-10)12(16)9-7-8(17-2)5-6-11(9)18-3/h5-7H,4H2,1-3H3. The van der Waals surface area contributed by atoms with Gasteiger partial charge >= 0.3 is 0 Å². The van der Waals surface area contributed by atoms with Crippen molar-refractivity contribution in [2.45, 2.75) is 13.3 Å². The lowest BCUT2D eigenvalue weighted by Crippen LogP contribution is -2.05. The van der Waals surface area contributed by atoms with Crippen LogP contribution in [-0.2, 0) is 6.42 Å². The monoisotopic (exact) mass is 278 g/mol. The van der Waals surface area contributed by atoms with E-state index in [-0.39, 0.29) is 5.78 Å². The number of nitrogens with zero attached hydrogens (tertiary/aromatic N) is 2. The molecule has 0 atom stereocenters. The van der Waals surface area contributed by atoms with Crippen molar-refractivity contribution in [3.63, 3.8) is 0 Å². The molecule has 0 fully saturated rings. The Morgan fingerprint density at radius 1 is 1.32 bits per heavy atom. The minimum absolute atomic E-state index is 0.136. The van der Waals surface area contributed by atoms with Gasteiger partial charge < -0.3 is 9.47 Å². The van der Waals surface area contributed by atoms with E-state index in [9.17, 15) is 4.79 Å². The van der Waals surface area contributed by atoms with Crippen molar-refractivity contribution in [1.82, 2.24) is 9.59 Å². The topological polar surface area (TPSA) is 61.3 Å². The summed E-state index contributed by atoms with van der Waals surface area (Å²) in [5, 5.41) is 3.95. The van der Waals surface area contributed by atoms with Crippen LogP contribution in [0.1, 0.15) is 27.9 Å². The van der Waals surface area contributed by atoms with Gasteiger partial charge in [0.2, 0.25) is 5.78 Å². The van der Waals surface area contributed by atoms with Crippen molar-refractivity contribution in [3.8, 4) is 11.5 Å². The van der Waals surface area contributed by atoms with Gasteiger partial charge in [0.25, 0.3) is 0 Å². The molecule has 1 heterocycles. The summed E-state index contributed by atoms with van der Waals surface area (Å²) in [5.74, 6) is 0.989. The summed E-state index contributed by atoms with van der Waals surface area (Å²) in [5.41, 5.74) is 1.17. The minimum Gasteiger partial charge on any atom is -0.497 e. The molecular weight excluding hydrogens is 264 g/mol. The Labute approximate surface area is 115 Å². The lowest BCUT2D eigenvalue weighted by Gasteiger charge is -2.09. The third kappa shape index (κ3) is 2.58. The molecule has 6 heteroatoms. The molecule has 0 aliphatic heterocycles. The van der Waals surface area contributed by atoms with Gasteiger partial charge in [-0.15, -0.1) is 5.10 Å². The van der Waals surface area contributed by atoms with E-state index in [1.165, 1.54) is 7.11 Å². The SMILES string of the molecule is CCc1nnsc1C(=O)c1cc(OC)ccc1OC. The van der Waals surface area contributed by atoms with Crippen molar-refractivity contribution in [2.24, 2.45) is 0 Å². The summed E-state index contributed by atoms with van der Waals surface area (Å²) in [4.78, 5) is 13.1. The molecule has 2 rings (SSSR count). The summed E-state index contributed by atoms with van der Waals surface area (Å²) < 4.78 is 14.2. The van der Waals surface area contributed by atoms with Crippen LogP contribution >= 0.6 is 11.5 Å². The highest BCUT2D eigenvalue weighted by Gasteiger charge is 2.21. The zero-order valence-corrected chi connectivity index (χ0v) is 11.8. The van der Waals surface area contributed by atoms with Crippen LogP contribution < -0.4 is 9.47 Å². The largest absolute Gasteiger partial charge is 0.497 e. The maximum Gasteiger partial charge on any atom is 0.210 e. The third-order valence-electron chi connectivity index (χ3n) is 2.75. The maximum atomic E-state index is 12.5. The third-order valence-corrected chi connectivity index (χ3v) is 3.52. The Hall–Kier alpha value is -1.95. The van der Waals surface area contributed by atoms with E-state index in [0.717, 1.165) is 11.5 Å². The zero-order valence-electron chi connectivity index (χ0n) is 11.0. The summed E-state index contributed by atoms with van der Waals surface area (Å²) >= 11 is 1.10. The molecule has 19 heavy (non-hydrogen) atoms. The number of rotatable bonds is 5. The number of aromatic nitrogens is 2. The Morgan fingerprint density at radius 3 is 2.74 bits per heavy atom. The van der Waals surface area contributed by atoms with E-state index in [2.05, 4.69) is 9.59 Å². The van der Waals surface area contributed by atoms with Crippen LogP contribution in [0.2, 0.25) is 0 Å². The first-order chi connectivity index (χ1) is 9.21. The van der Waals surface area contributed by atoms with E-state index in [1.54, 1.807) is 25.3 Å². The van der Waals surface area contributed by atoms with Gasteiger partial charge in [-0.05, 0) is 36.2 Å². The van der Waals surface area contributed by atoms with Crippen LogP contribution in [0.25, 0.3) is 0 Å². The number of methoxy groups -OCH3 is 2. The molecule has 1 aromatic carbocycles.